The number of nitrogens with zero attached hydrogens (tertiary/aromatic N) is 1. The summed E-state index contributed by atoms with van der Waals surface area (Å²) in [6.07, 6.45) is 12.0. The summed E-state index contributed by atoms with van der Waals surface area (Å²) >= 11 is 0. The van der Waals surface area contributed by atoms with Gasteiger partial charge >= 0.3 is 11.9 Å². The molecule has 0 aromatic heterocycles. The van der Waals surface area contributed by atoms with E-state index in [1.165, 1.54) is 32.2 Å². The minimum atomic E-state index is -1.83. The zero-order valence-electron chi connectivity index (χ0n) is 37.1. The highest BCUT2D eigenvalue weighted by Gasteiger charge is 2.61. The summed E-state index contributed by atoms with van der Waals surface area (Å²) in [4.78, 5) is 71.1. The molecule has 0 aliphatic carbocycles. The van der Waals surface area contributed by atoms with Crippen molar-refractivity contribution in [1.29, 1.82) is 0 Å². The average Bonchev–Trinajstić information content (AvgIpc) is 3.87. The molecule has 0 unspecified atom stereocenters. The summed E-state index contributed by atoms with van der Waals surface area (Å²) in [5.74, 6) is -4.14. The van der Waals surface area contributed by atoms with Gasteiger partial charge in [0.15, 0.2) is 11.6 Å². The van der Waals surface area contributed by atoms with Crippen molar-refractivity contribution in [1.82, 2.24) is 15.5 Å². The minimum absolute atomic E-state index is 0.133. The lowest BCUT2D eigenvalue weighted by atomic mass is 9.93. The molecule has 59 heavy (non-hydrogen) atoms. The third-order valence-electron chi connectivity index (χ3n) is 11.7. The smallest absolute Gasteiger partial charge is 0.332 e. The van der Waals surface area contributed by atoms with E-state index in [1.807, 2.05) is 76.3 Å². The summed E-state index contributed by atoms with van der Waals surface area (Å²) in [6.45, 7) is 13.6. The van der Waals surface area contributed by atoms with E-state index >= 15 is 0 Å². The predicted octanol–water partition coefficient (Wildman–Crippen LogP) is 6.28. The van der Waals surface area contributed by atoms with Crippen LogP contribution in [0.5, 0.6) is 0 Å². The Bertz CT molecular complexity index is 1610. The quantitative estimate of drug-likeness (QED) is 0.104. The van der Waals surface area contributed by atoms with Crippen LogP contribution in [-0.4, -0.2) is 102 Å². The Morgan fingerprint density at radius 1 is 1.02 bits per heavy atom. The molecule has 9 atom stereocenters. The van der Waals surface area contributed by atoms with Crippen LogP contribution in [0.2, 0.25) is 0 Å². The maximum Gasteiger partial charge on any atom is 0.332 e. The number of rotatable bonds is 15. The molecule has 3 N–H and O–H groups in total. The molecule has 2 heterocycles. The first-order valence-electron chi connectivity index (χ1n) is 21.5. The summed E-state index contributed by atoms with van der Waals surface area (Å²) in [7, 11) is 3.12. The van der Waals surface area contributed by atoms with Gasteiger partial charge in [-0.1, -0.05) is 121 Å². The fourth-order valence-electron chi connectivity index (χ4n) is 7.49. The number of nitrogens with one attached hydrogen (secondary N) is 2. The van der Waals surface area contributed by atoms with Gasteiger partial charge in [0.1, 0.15) is 24.8 Å². The largest absolute Gasteiger partial charge is 0.463 e. The maximum absolute atomic E-state index is 14.3. The van der Waals surface area contributed by atoms with Gasteiger partial charge < -0.3 is 39.6 Å². The highest BCUT2D eigenvalue weighted by Crippen LogP contribution is 2.42. The zero-order chi connectivity index (χ0) is 43.9. The monoisotopic (exact) mass is 826 g/mol. The number of allylic oxidation sites excluding steroid dienone is 2. The normalized spacial score (nSPS) is 29.7. The molecule has 3 amide bonds. The van der Waals surface area contributed by atoms with Gasteiger partial charge in [-0.25, -0.2) is 4.79 Å². The molecule has 2 aliphatic rings. The first-order chi connectivity index (χ1) is 27.9. The zero-order valence-corrected chi connectivity index (χ0v) is 37.1. The number of methoxy groups -OCH3 is 1. The van der Waals surface area contributed by atoms with Gasteiger partial charge in [-0.05, 0) is 51.2 Å². The number of likely N-dealkylation sites (N-methyl/N-ethyl adjacent to an activating group) is 1. The summed E-state index contributed by atoms with van der Waals surface area (Å²) in [6, 6.07) is 5.01. The van der Waals surface area contributed by atoms with Crippen molar-refractivity contribution in [2.75, 3.05) is 20.8 Å². The number of unbranched alkanes of at least 4 members (excludes halogenated alkanes) is 6. The minimum Gasteiger partial charge on any atom is -0.463 e. The number of esters is 2. The van der Waals surface area contributed by atoms with Crippen LogP contribution in [-0.2, 0) is 42.9 Å². The number of carbonyl (C=O) groups excluding carboxylic acids is 5. The molecule has 1 saturated heterocycles. The molecule has 0 radical (unpaired) electrons. The molecule has 1 aromatic carbocycles. The molecule has 1 aromatic rings. The van der Waals surface area contributed by atoms with Crippen molar-refractivity contribution in [2.45, 2.75) is 167 Å². The second kappa shape index (κ2) is 23.1. The molecule has 330 valence electrons. The maximum atomic E-state index is 14.3. The van der Waals surface area contributed by atoms with Crippen LogP contribution in [0.4, 0.5) is 0 Å². The van der Waals surface area contributed by atoms with Crippen molar-refractivity contribution in [3.8, 4) is 0 Å². The number of fused-ring (bicyclic) bond motifs is 1. The lowest BCUT2D eigenvalue weighted by Gasteiger charge is -2.34. The summed E-state index contributed by atoms with van der Waals surface area (Å²) in [5, 5.41) is 16.6. The van der Waals surface area contributed by atoms with Crippen LogP contribution in [0.1, 0.15) is 131 Å². The van der Waals surface area contributed by atoms with Crippen LogP contribution >= 0.6 is 0 Å². The van der Waals surface area contributed by atoms with E-state index < -0.39 is 77.8 Å². The Balaban J connectivity index is 2.03. The lowest BCUT2D eigenvalue weighted by Crippen LogP contribution is -2.62. The Morgan fingerprint density at radius 3 is 2.27 bits per heavy atom. The third kappa shape index (κ3) is 14.3. The molecule has 2 aliphatic heterocycles. The van der Waals surface area contributed by atoms with Gasteiger partial charge in [-0.15, -0.1) is 0 Å². The Hall–Kier alpha value is -4.07. The van der Waals surface area contributed by atoms with Gasteiger partial charge in [0.25, 0.3) is 5.91 Å². The Labute approximate surface area is 352 Å². The fourth-order valence-corrected chi connectivity index (χ4v) is 7.49. The van der Waals surface area contributed by atoms with Gasteiger partial charge in [0.2, 0.25) is 11.8 Å². The van der Waals surface area contributed by atoms with Crippen LogP contribution in [0.3, 0.4) is 0 Å². The van der Waals surface area contributed by atoms with E-state index in [-0.39, 0.29) is 24.4 Å². The Kier molecular flexibility index (Phi) is 19.3. The number of hydrogen-bond acceptors (Lipinski definition) is 10. The molecule has 0 bridgehead atoms. The molecule has 0 saturated carbocycles. The number of epoxide rings is 1. The van der Waals surface area contributed by atoms with E-state index in [0.717, 1.165) is 37.7 Å². The number of ether oxygens (including phenoxy) is 4. The van der Waals surface area contributed by atoms with Crippen molar-refractivity contribution < 1.29 is 48.0 Å². The van der Waals surface area contributed by atoms with Crippen LogP contribution in [0.15, 0.2) is 54.1 Å². The first kappa shape index (κ1) is 49.3. The van der Waals surface area contributed by atoms with E-state index in [1.54, 1.807) is 14.0 Å². The summed E-state index contributed by atoms with van der Waals surface area (Å²) < 4.78 is 23.6. The highest BCUT2D eigenvalue weighted by atomic mass is 16.6. The highest BCUT2D eigenvalue weighted by molar-refractivity contribution is 5.96. The Morgan fingerprint density at radius 2 is 1.66 bits per heavy atom. The molecule has 13 heteroatoms. The average molecular weight is 826 g/mol. The van der Waals surface area contributed by atoms with Crippen molar-refractivity contribution in [3.63, 3.8) is 0 Å². The van der Waals surface area contributed by atoms with E-state index in [2.05, 4.69) is 17.6 Å². The second-order valence-corrected chi connectivity index (χ2v) is 17.1. The first-order valence-corrected chi connectivity index (χ1v) is 21.5. The molecular formula is C46H71N3O10. The van der Waals surface area contributed by atoms with Crippen molar-refractivity contribution >= 4 is 29.7 Å². The lowest BCUT2D eigenvalue weighted by molar-refractivity contribution is -0.162. The number of benzene rings is 1. The van der Waals surface area contributed by atoms with Gasteiger partial charge in [-0.2, -0.15) is 0 Å². The predicted molar refractivity (Wildman–Crippen MR) is 226 cm³/mol. The second-order valence-electron chi connectivity index (χ2n) is 17.1. The number of hydrogen-bond donors (Lipinski definition) is 3. The molecule has 1 fully saturated rings. The fraction of sp³-hybridized carbons (Fsp3) is 0.674. The van der Waals surface area contributed by atoms with Crippen molar-refractivity contribution in [2.24, 2.45) is 11.8 Å². The van der Waals surface area contributed by atoms with Crippen molar-refractivity contribution in [3.05, 3.63) is 59.7 Å². The third-order valence-corrected chi connectivity index (χ3v) is 11.7. The number of cyclic esters (lactones) is 1. The molecule has 0 spiro atoms. The number of carbonyl (C=O) groups is 5. The van der Waals surface area contributed by atoms with Gasteiger partial charge in [-0.3, -0.25) is 19.2 Å². The standard InChI is InChI=1S/C46H71N3O10/c1-11-13-14-15-16-17-21-27-37(50)57-29-34-41(51)48-40(45(6,7)55)43(53)58-39(33-25-19-18-20-26-33)32(5)24-22-23-31(4)35(56-10)28-36-46(8,59-36)44(54)49(9)38(30(3)12-2)42(52)47-34/h18-20,22-26,30,32,34-36,38-40,55H,11-17,21,27-29H2,1-10H3,(H,47,52)(H,48,51)/b24-22+,31-23+/t30-,32+,34+,35+,36-,38-,39-,40+,46+/m0/s1. The SMILES string of the molecule is CCCCCCCCCC(=O)OC[C@H]1NC(=O)[C@H]([C@@H](C)CC)N(C)C(=O)[C@]2(C)O[C@H]2C[C@@H](OC)/C(C)=C/C=C/[C@@H](C)[C@@H](c2ccccc2)OC(=O)[C@H](C(C)(C)O)NC1=O. The topological polar surface area (TPSA) is 173 Å². The van der Waals surface area contributed by atoms with Crippen LogP contribution in [0.25, 0.3) is 0 Å². The number of amides is 3. The van der Waals surface area contributed by atoms with Crippen LogP contribution < -0.4 is 10.6 Å². The van der Waals surface area contributed by atoms with E-state index in [9.17, 15) is 29.1 Å². The van der Waals surface area contributed by atoms with Gasteiger partial charge in [0.05, 0.1) is 17.8 Å². The van der Waals surface area contributed by atoms with E-state index in [0.29, 0.717) is 24.8 Å². The van der Waals surface area contributed by atoms with Gasteiger partial charge in [0, 0.05) is 32.9 Å². The molecule has 3 rings (SSSR count). The van der Waals surface area contributed by atoms with E-state index in [4.69, 9.17) is 18.9 Å². The molecular weight excluding hydrogens is 755 g/mol. The molecule has 13 nitrogen and oxygen atoms in total. The van der Waals surface area contributed by atoms with Crippen LogP contribution in [0, 0.1) is 11.8 Å². The summed E-state index contributed by atoms with van der Waals surface area (Å²) in [5.41, 5.74) is -1.48. The number of aliphatic hydroxyl groups is 1.